The molecular weight excluding hydrogens is 370 g/mol. The van der Waals surface area contributed by atoms with E-state index in [2.05, 4.69) is 25.9 Å². The minimum Gasteiger partial charge on any atom is -0.470 e. The maximum absolute atomic E-state index is 11.9. The van der Waals surface area contributed by atoms with Gasteiger partial charge in [0, 0.05) is 28.2 Å². The van der Waals surface area contributed by atoms with Gasteiger partial charge in [0.1, 0.15) is 11.3 Å². The fourth-order valence-electron chi connectivity index (χ4n) is 2.59. The number of aromatic nitrogens is 2. The summed E-state index contributed by atoms with van der Waals surface area (Å²) in [7, 11) is 0. The Hall–Kier alpha value is -1.40. The molecule has 5 nitrogen and oxygen atoms in total. The molecule has 0 radical (unpaired) electrons. The molecule has 1 saturated heterocycles. The molecule has 0 spiro atoms. The number of hydrogen-bond donors (Lipinski definition) is 0. The number of fused-ring (bicyclic) bond motifs is 1. The van der Waals surface area contributed by atoms with Crippen LogP contribution in [0.1, 0.15) is 12.8 Å². The van der Waals surface area contributed by atoms with Crippen LogP contribution in [0.2, 0.25) is 5.15 Å². The molecule has 0 unspecified atom stereocenters. The molecule has 3 heterocycles. The molecule has 1 saturated carbocycles. The number of halogens is 2. The zero-order valence-corrected chi connectivity index (χ0v) is 14.0. The van der Waals surface area contributed by atoms with E-state index in [9.17, 15) is 4.79 Å². The van der Waals surface area contributed by atoms with E-state index in [4.69, 9.17) is 16.3 Å². The second-order valence-corrected chi connectivity index (χ2v) is 6.96. The van der Waals surface area contributed by atoms with Gasteiger partial charge in [-0.1, -0.05) is 11.6 Å². The highest BCUT2D eigenvalue weighted by atomic mass is 79.9. The lowest BCUT2D eigenvalue weighted by atomic mass is 10.1. The van der Waals surface area contributed by atoms with Crippen molar-refractivity contribution in [2.24, 2.45) is 5.92 Å². The van der Waals surface area contributed by atoms with Crippen LogP contribution in [0.3, 0.4) is 0 Å². The average Bonchev–Trinajstić information content (AvgIpc) is 3.29. The highest BCUT2D eigenvalue weighted by Gasteiger charge is 2.40. The lowest BCUT2D eigenvalue weighted by molar-refractivity contribution is -0.141. The summed E-state index contributed by atoms with van der Waals surface area (Å²) in [5.74, 6) is 1.06. The van der Waals surface area contributed by atoms with Crippen LogP contribution >= 0.6 is 27.5 Å². The van der Waals surface area contributed by atoms with Crippen LogP contribution in [0.25, 0.3) is 10.8 Å². The summed E-state index contributed by atoms with van der Waals surface area (Å²) in [6, 6.07) is 1.78. The Kier molecular flexibility index (Phi) is 3.46. The normalized spacial score (nSPS) is 18.4. The molecule has 2 aliphatic rings. The minimum atomic E-state index is -0.00439. The van der Waals surface area contributed by atoms with Crippen LogP contribution in [0.4, 0.5) is 0 Å². The molecule has 1 aliphatic carbocycles. The fourth-order valence-corrected chi connectivity index (χ4v) is 3.17. The van der Waals surface area contributed by atoms with Gasteiger partial charge in [-0.05, 0) is 34.8 Å². The second-order valence-electron chi connectivity index (χ2n) is 5.72. The van der Waals surface area contributed by atoms with E-state index < -0.39 is 0 Å². The summed E-state index contributed by atoms with van der Waals surface area (Å²) < 4.78 is 6.78. The fraction of sp³-hybridized carbons (Fsp3) is 0.400. The maximum Gasteiger partial charge on any atom is 0.225 e. The van der Waals surface area contributed by atoms with E-state index in [-0.39, 0.29) is 17.9 Å². The number of hydrogen-bond acceptors (Lipinski definition) is 4. The molecule has 4 rings (SSSR count). The number of pyridine rings is 2. The topological polar surface area (TPSA) is 55.3 Å². The van der Waals surface area contributed by atoms with E-state index in [0.29, 0.717) is 24.1 Å². The Morgan fingerprint density at radius 1 is 1.27 bits per heavy atom. The van der Waals surface area contributed by atoms with Crippen LogP contribution in [-0.2, 0) is 4.79 Å². The molecule has 0 bridgehead atoms. The van der Waals surface area contributed by atoms with Crippen molar-refractivity contribution in [3.63, 3.8) is 0 Å². The summed E-state index contributed by atoms with van der Waals surface area (Å²) in [5.41, 5.74) is 0. The maximum atomic E-state index is 11.9. The first-order chi connectivity index (χ1) is 10.6. The summed E-state index contributed by atoms with van der Waals surface area (Å²) in [6.07, 6.45) is 5.42. The lowest BCUT2D eigenvalue weighted by Crippen LogP contribution is -2.56. The third kappa shape index (κ3) is 2.54. The van der Waals surface area contributed by atoms with Gasteiger partial charge >= 0.3 is 0 Å². The van der Waals surface area contributed by atoms with Crippen LogP contribution < -0.4 is 4.74 Å². The Morgan fingerprint density at radius 3 is 2.77 bits per heavy atom. The monoisotopic (exact) mass is 381 g/mol. The Morgan fingerprint density at radius 2 is 2.05 bits per heavy atom. The predicted octanol–water partition coefficient (Wildman–Crippen LogP) is 3.05. The zero-order chi connectivity index (χ0) is 15.3. The van der Waals surface area contributed by atoms with Gasteiger partial charge in [0.05, 0.1) is 18.5 Å². The molecule has 7 heteroatoms. The van der Waals surface area contributed by atoms with E-state index in [1.165, 1.54) is 0 Å². The standard InChI is InChI=1S/C15H13BrClN3O2/c16-12-5-19-14(11-4-18-13(17)3-10(11)12)22-9-6-20(7-9)15(21)8-1-2-8/h3-5,8-9H,1-2,6-7H2. The summed E-state index contributed by atoms with van der Waals surface area (Å²) in [5, 5.41) is 2.15. The molecule has 0 N–H and O–H groups in total. The molecule has 114 valence electrons. The van der Waals surface area contributed by atoms with Gasteiger partial charge in [0.2, 0.25) is 11.8 Å². The first-order valence-electron chi connectivity index (χ1n) is 7.17. The summed E-state index contributed by atoms with van der Waals surface area (Å²) in [6.45, 7) is 1.27. The van der Waals surface area contributed by atoms with Gasteiger partial charge < -0.3 is 9.64 Å². The van der Waals surface area contributed by atoms with E-state index in [1.807, 2.05) is 4.90 Å². The number of carbonyl (C=O) groups is 1. The third-order valence-corrected chi connectivity index (χ3v) is 4.86. The number of likely N-dealkylation sites (tertiary alicyclic amines) is 1. The third-order valence-electron chi connectivity index (χ3n) is 4.02. The Labute approximate surface area is 140 Å². The van der Waals surface area contributed by atoms with Gasteiger partial charge in [-0.3, -0.25) is 4.79 Å². The first kappa shape index (κ1) is 14.2. The number of carbonyl (C=O) groups excluding carboxylic acids is 1. The molecule has 2 aromatic heterocycles. The van der Waals surface area contributed by atoms with Gasteiger partial charge in [0.25, 0.3) is 0 Å². The highest BCUT2D eigenvalue weighted by Crippen LogP contribution is 2.34. The van der Waals surface area contributed by atoms with Crippen LogP contribution in [-0.4, -0.2) is 40.0 Å². The quantitative estimate of drug-likeness (QED) is 0.766. The highest BCUT2D eigenvalue weighted by molar-refractivity contribution is 9.10. The van der Waals surface area contributed by atoms with E-state index in [1.54, 1.807) is 18.5 Å². The smallest absolute Gasteiger partial charge is 0.225 e. The molecule has 0 atom stereocenters. The van der Waals surface area contributed by atoms with Crippen LogP contribution in [0.15, 0.2) is 22.9 Å². The molecule has 0 aromatic carbocycles. The van der Waals surface area contributed by atoms with Crippen molar-refractivity contribution in [1.29, 1.82) is 0 Å². The second kappa shape index (κ2) is 5.35. The van der Waals surface area contributed by atoms with Crippen molar-refractivity contribution in [2.75, 3.05) is 13.1 Å². The minimum absolute atomic E-state index is 0.00439. The Bertz CT molecular complexity index is 760. The van der Waals surface area contributed by atoms with Crippen molar-refractivity contribution in [3.05, 3.63) is 28.1 Å². The Balaban J connectivity index is 1.51. The van der Waals surface area contributed by atoms with Crippen molar-refractivity contribution < 1.29 is 9.53 Å². The molecule has 2 aromatic rings. The first-order valence-corrected chi connectivity index (χ1v) is 8.34. The predicted molar refractivity (Wildman–Crippen MR) is 86.0 cm³/mol. The molecule has 2 fully saturated rings. The average molecular weight is 383 g/mol. The van der Waals surface area contributed by atoms with Gasteiger partial charge in [-0.2, -0.15) is 0 Å². The van der Waals surface area contributed by atoms with Crippen molar-refractivity contribution >= 4 is 44.2 Å². The summed E-state index contributed by atoms with van der Waals surface area (Å²) in [4.78, 5) is 22.2. The molecular formula is C15H13BrClN3O2. The van der Waals surface area contributed by atoms with Crippen LogP contribution in [0, 0.1) is 5.92 Å². The molecule has 1 aliphatic heterocycles. The lowest BCUT2D eigenvalue weighted by Gasteiger charge is -2.39. The molecule has 1 amide bonds. The van der Waals surface area contributed by atoms with Gasteiger partial charge in [-0.15, -0.1) is 0 Å². The van der Waals surface area contributed by atoms with Gasteiger partial charge in [0.15, 0.2) is 0 Å². The number of ether oxygens (including phenoxy) is 1. The van der Waals surface area contributed by atoms with Crippen molar-refractivity contribution in [2.45, 2.75) is 18.9 Å². The largest absolute Gasteiger partial charge is 0.470 e. The number of rotatable bonds is 3. The van der Waals surface area contributed by atoms with E-state index >= 15 is 0 Å². The van der Waals surface area contributed by atoms with Crippen LogP contribution in [0.5, 0.6) is 5.88 Å². The van der Waals surface area contributed by atoms with E-state index in [0.717, 1.165) is 28.1 Å². The van der Waals surface area contributed by atoms with Gasteiger partial charge in [-0.25, -0.2) is 9.97 Å². The zero-order valence-electron chi connectivity index (χ0n) is 11.6. The SMILES string of the molecule is O=C(C1CC1)N1CC(Oc2ncc(Br)c3cc(Cl)ncc23)C1. The summed E-state index contributed by atoms with van der Waals surface area (Å²) >= 11 is 9.40. The number of amides is 1. The molecule has 22 heavy (non-hydrogen) atoms. The van der Waals surface area contributed by atoms with Crippen molar-refractivity contribution in [3.8, 4) is 5.88 Å². The van der Waals surface area contributed by atoms with Crippen molar-refractivity contribution in [1.82, 2.24) is 14.9 Å². The number of nitrogens with zero attached hydrogens (tertiary/aromatic N) is 3.